The van der Waals surface area contributed by atoms with Gasteiger partial charge in [-0.1, -0.05) is 13.8 Å². The van der Waals surface area contributed by atoms with Gasteiger partial charge in [0.05, 0.1) is 25.9 Å². The van der Waals surface area contributed by atoms with Gasteiger partial charge in [0.1, 0.15) is 0 Å². The zero-order chi connectivity index (χ0) is 13.7. The summed E-state index contributed by atoms with van der Waals surface area (Å²) >= 11 is 0. The van der Waals surface area contributed by atoms with E-state index >= 15 is 0 Å². The lowest BCUT2D eigenvalue weighted by molar-refractivity contribution is -0.105. The Balaban J connectivity index is 1.80. The molecule has 4 atom stereocenters. The fourth-order valence-electron chi connectivity index (χ4n) is 3.22. The number of piperidine rings is 1. The fourth-order valence-corrected chi connectivity index (χ4v) is 3.22. The molecule has 0 amide bonds. The van der Waals surface area contributed by atoms with Crippen molar-refractivity contribution in [2.24, 2.45) is 5.92 Å². The van der Waals surface area contributed by atoms with Crippen LogP contribution in [-0.2, 0) is 9.47 Å². The monoisotopic (exact) mass is 270 g/mol. The van der Waals surface area contributed by atoms with E-state index in [0.717, 1.165) is 32.9 Å². The number of likely N-dealkylation sites (tertiary alicyclic amines) is 1. The van der Waals surface area contributed by atoms with Crippen LogP contribution in [-0.4, -0.2) is 62.5 Å². The molecule has 2 heterocycles. The Morgan fingerprint density at radius 1 is 1.26 bits per heavy atom. The fraction of sp³-hybridized carbons (Fsp3) is 1.00. The third-order valence-electron chi connectivity index (χ3n) is 4.68. The minimum atomic E-state index is 0.267. The second-order valence-electron chi connectivity index (χ2n) is 6.01. The highest BCUT2D eigenvalue weighted by Crippen LogP contribution is 2.24. The van der Waals surface area contributed by atoms with Gasteiger partial charge in [0.2, 0.25) is 0 Å². The van der Waals surface area contributed by atoms with Gasteiger partial charge in [-0.15, -0.1) is 0 Å². The van der Waals surface area contributed by atoms with E-state index in [4.69, 9.17) is 9.47 Å². The van der Waals surface area contributed by atoms with Gasteiger partial charge in [-0.05, 0) is 32.2 Å². The summed E-state index contributed by atoms with van der Waals surface area (Å²) in [7, 11) is 0. The molecule has 2 aliphatic heterocycles. The molecule has 4 heteroatoms. The van der Waals surface area contributed by atoms with Crippen LogP contribution in [0.5, 0.6) is 0 Å². The van der Waals surface area contributed by atoms with Crippen LogP contribution in [0.3, 0.4) is 0 Å². The van der Waals surface area contributed by atoms with E-state index in [1.807, 2.05) is 0 Å². The first-order valence-corrected chi connectivity index (χ1v) is 7.89. The maximum absolute atomic E-state index is 5.77. The van der Waals surface area contributed by atoms with E-state index in [2.05, 4.69) is 31.0 Å². The largest absolute Gasteiger partial charge is 0.376 e. The van der Waals surface area contributed by atoms with Crippen LogP contribution < -0.4 is 5.32 Å². The van der Waals surface area contributed by atoms with Gasteiger partial charge >= 0.3 is 0 Å². The molecule has 19 heavy (non-hydrogen) atoms. The number of rotatable bonds is 5. The van der Waals surface area contributed by atoms with Crippen LogP contribution in [0.4, 0.5) is 0 Å². The maximum atomic E-state index is 5.77. The topological polar surface area (TPSA) is 33.7 Å². The van der Waals surface area contributed by atoms with Gasteiger partial charge in [-0.25, -0.2) is 0 Å². The third-order valence-corrected chi connectivity index (χ3v) is 4.68. The Kier molecular flexibility index (Phi) is 6.07. The summed E-state index contributed by atoms with van der Waals surface area (Å²) in [6.07, 6.45) is 2.73. The first kappa shape index (κ1) is 15.2. The van der Waals surface area contributed by atoms with E-state index in [-0.39, 0.29) is 6.10 Å². The molecule has 0 aromatic heterocycles. The van der Waals surface area contributed by atoms with Crippen molar-refractivity contribution < 1.29 is 9.47 Å². The highest BCUT2D eigenvalue weighted by Gasteiger charge is 2.33. The second kappa shape index (κ2) is 7.58. The van der Waals surface area contributed by atoms with Crippen LogP contribution in [0.25, 0.3) is 0 Å². The maximum Gasteiger partial charge on any atom is 0.0936 e. The molecule has 4 nitrogen and oxygen atoms in total. The molecule has 112 valence electrons. The van der Waals surface area contributed by atoms with Gasteiger partial charge in [-0.2, -0.15) is 0 Å². The summed E-state index contributed by atoms with van der Waals surface area (Å²) in [5, 5.41) is 3.69. The summed E-state index contributed by atoms with van der Waals surface area (Å²) in [5.41, 5.74) is 0. The summed E-state index contributed by atoms with van der Waals surface area (Å²) in [6, 6.07) is 1.29. The molecular weight excluding hydrogens is 240 g/mol. The lowest BCUT2D eigenvalue weighted by Crippen LogP contribution is -2.55. The van der Waals surface area contributed by atoms with Crippen molar-refractivity contribution >= 4 is 0 Å². The molecule has 0 bridgehead atoms. The standard InChI is InChI=1S/C15H30N2O2/c1-4-6-16-15-5-7-17(13(3)12(15)2)10-14-11-18-8-9-19-14/h12-16H,4-11H2,1-3H3. The third kappa shape index (κ3) is 4.15. The normalized spacial score (nSPS) is 37.4. The molecule has 0 aliphatic carbocycles. The van der Waals surface area contributed by atoms with Gasteiger partial charge < -0.3 is 14.8 Å². The Morgan fingerprint density at radius 2 is 2.11 bits per heavy atom. The summed E-state index contributed by atoms with van der Waals surface area (Å²) in [5.74, 6) is 0.699. The molecular formula is C15H30N2O2. The van der Waals surface area contributed by atoms with Gasteiger partial charge in [0.25, 0.3) is 0 Å². The average Bonchev–Trinajstić information content (AvgIpc) is 2.44. The predicted octanol–water partition coefficient (Wildman–Crippen LogP) is 1.50. The predicted molar refractivity (Wildman–Crippen MR) is 77.5 cm³/mol. The number of hydrogen-bond acceptors (Lipinski definition) is 4. The van der Waals surface area contributed by atoms with Crippen molar-refractivity contribution in [2.75, 3.05) is 39.5 Å². The molecule has 2 saturated heterocycles. The van der Waals surface area contributed by atoms with Crippen molar-refractivity contribution in [3.63, 3.8) is 0 Å². The quantitative estimate of drug-likeness (QED) is 0.821. The summed E-state index contributed by atoms with van der Waals surface area (Å²) in [4.78, 5) is 2.58. The molecule has 0 radical (unpaired) electrons. The first-order valence-electron chi connectivity index (χ1n) is 7.89. The molecule has 2 fully saturated rings. The van der Waals surface area contributed by atoms with Gasteiger partial charge in [-0.3, -0.25) is 4.90 Å². The molecule has 0 spiro atoms. The van der Waals surface area contributed by atoms with E-state index < -0.39 is 0 Å². The van der Waals surface area contributed by atoms with Crippen molar-refractivity contribution in [1.29, 1.82) is 0 Å². The van der Waals surface area contributed by atoms with Gasteiger partial charge in [0.15, 0.2) is 0 Å². The van der Waals surface area contributed by atoms with E-state index in [1.54, 1.807) is 0 Å². The van der Waals surface area contributed by atoms with E-state index in [0.29, 0.717) is 18.0 Å². The number of nitrogens with zero attached hydrogens (tertiary/aromatic N) is 1. The zero-order valence-electron chi connectivity index (χ0n) is 12.7. The smallest absolute Gasteiger partial charge is 0.0936 e. The van der Waals surface area contributed by atoms with Gasteiger partial charge in [0, 0.05) is 25.2 Å². The molecule has 4 unspecified atom stereocenters. The highest BCUT2D eigenvalue weighted by molar-refractivity contribution is 4.89. The van der Waals surface area contributed by atoms with Crippen LogP contribution in [0.15, 0.2) is 0 Å². The minimum absolute atomic E-state index is 0.267. The van der Waals surface area contributed by atoms with Crippen LogP contribution in [0.2, 0.25) is 0 Å². The van der Waals surface area contributed by atoms with Crippen LogP contribution in [0.1, 0.15) is 33.6 Å². The second-order valence-corrected chi connectivity index (χ2v) is 6.01. The average molecular weight is 270 g/mol. The number of hydrogen-bond donors (Lipinski definition) is 1. The Labute approximate surface area is 117 Å². The summed E-state index contributed by atoms with van der Waals surface area (Å²) in [6.45, 7) is 12.6. The van der Waals surface area contributed by atoms with Crippen molar-refractivity contribution in [3.8, 4) is 0 Å². The van der Waals surface area contributed by atoms with E-state index in [9.17, 15) is 0 Å². The molecule has 0 aromatic rings. The highest BCUT2D eigenvalue weighted by atomic mass is 16.6. The van der Waals surface area contributed by atoms with Crippen LogP contribution >= 0.6 is 0 Å². The molecule has 0 saturated carbocycles. The van der Waals surface area contributed by atoms with Crippen molar-refractivity contribution in [2.45, 2.75) is 51.8 Å². The number of ether oxygens (including phenoxy) is 2. The summed E-state index contributed by atoms with van der Waals surface area (Å²) < 4.78 is 11.3. The molecule has 2 aliphatic rings. The Bertz CT molecular complexity index is 257. The molecule has 2 rings (SSSR count). The minimum Gasteiger partial charge on any atom is -0.376 e. The lowest BCUT2D eigenvalue weighted by atomic mass is 9.86. The van der Waals surface area contributed by atoms with E-state index in [1.165, 1.54) is 19.4 Å². The Morgan fingerprint density at radius 3 is 2.79 bits per heavy atom. The lowest BCUT2D eigenvalue weighted by Gasteiger charge is -2.44. The molecule has 0 aromatic carbocycles. The SMILES string of the molecule is CCCNC1CCN(CC2COCCO2)C(C)C1C. The van der Waals surface area contributed by atoms with Crippen molar-refractivity contribution in [1.82, 2.24) is 10.2 Å². The first-order chi connectivity index (χ1) is 9.22. The zero-order valence-corrected chi connectivity index (χ0v) is 12.7. The van der Waals surface area contributed by atoms with Crippen LogP contribution in [0, 0.1) is 5.92 Å². The number of nitrogens with one attached hydrogen (secondary N) is 1. The van der Waals surface area contributed by atoms with Crippen molar-refractivity contribution in [3.05, 3.63) is 0 Å². The molecule has 1 N–H and O–H groups in total. The Hall–Kier alpha value is -0.160.